The average molecular weight is 787 g/mol. The molecule has 19 heteroatoms. The van der Waals surface area contributed by atoms with Crippen molar-refractivity contribution in [1.29, 1.82) is 0 Å². The van der Waals surface area contributed by atoms with Crippen LogP contribution in [0.5, 0.6) is 0 Å². The van der Waals surface area contributed by atoms with Crippen molar-refractivity contribution in [3.63, 3.8) is 0 Å². The predicted molar refractivity (Wildman–Crippen MR) is 170 cm³/mol. The van der Waals surface area contributed by atoms with Gasteiger partial charge in [0.15, 0.2) is 0 Å². The molecule has 0 amide bonds. The van der Waals surface area contributed by atoms with Gasteiger partial charge in [-0.15, -0.1) is 0 Å². The van der Waals surface area contributed by atoms with Crippen molar-refractivity contribution in [2.75, 3.05) is 0 Å². The molecular formula is C24H15Cl6O9PS3. The first-order valence-corrected chi connectivity index (χ1v) is 17.1. The van der Waals surface area contributed by atoms with Crippen molar-refractivity contribution < 1.29 is 43.3 Å². The number of rotatable bonds is 12. The molecule has 0 aliphatic rings. The van der Waals surface area contributed by atoms with E-state index in [2.05, 4.69) is 0 Å². The molecule has 0 aliphatic carbocycles. The van der Waals surface area contributed by atoms with E-state index >= 15 is 0 Å². The van der Waals surface area contributed by atoms with Crippen LogP contribution in [0.4, 0.5) is 0 Å². The summed E-state index contributed by atoms with van der Waals surface area (Å²) in [5.74, 6) is -4.23. The van der Waals surface area contributed by atoms with Crippen LogP contribution in [0, 0.1) is 0 Å². The summed E-state index contributed by atoms with van der Waals surface area (Å²) in [6, 6.07) is 12.8. The van der Waals surface area contributed by atoms with E-state index in [-0.39, 0.29) is 29.8 Å². The SMILES string of the molecule is O=C(OP(OC(=O)C(O)Sc1ccc(Cl)cc1Cl)OC(=O)C(O)Sc1ccc(Cl)cc1Cl)C(O)Sc1ccc(Cl)cc1Cl. The lowest BCUT2D eigenvalue weighted by Crippen LogP contribution is -2.25. The van der Waals surface area contributed by atoms with Crippen molar-refractivity contribution in [1.82, 2.24) is 0 Å². The summed E-state index contributed by atoms with van der Waals surface area (Å²) in [5, 5.41) is 32.4. The highest BCUT2D eigenvalue weighted by atomic mass is 35.5. The highest BCUT2D eigenvalue weighted by Crippen LogP contribution is 2.45. The molecule has 0 radical (unpaired) electrons. The van der Waals surface area contributed by atoms with Crippen LogP contribution in [0.2, 0.25) is 30.1 Å². The zero-order chi connectivity index (χ0) is 31.8. The first-order valence-electron chi connectivity index (χ1n) is 11.1. The minimum Gasteiger partial charge on any atom is -0.372 e. The normalized spacial score (nSPS) is 13.9. The number of aliphatic hydroxyl groups is 3. The van der Waals surface area contributed by atoms with Gasteiger partial charge >= 0.3 is 26.5 Å². The Bertz CT molecular complexity index is 1330. The van der Waals surface area contributed by atoms with Gasteiger partial charge in [-0.25, -0.2) is 14.4 Å². The third-order valence-electron chi connectivity index (χ3n) is 4.50. The van der Waals surface area contributed by atoms with Gasteiger partial charge in [-0.3, -0.25) is 0 Å². The number of benzene rings is 3. The van der Waals surface area contributed by atoms with Gasteiger partial charge in [-0.1, -0.05) is 105 Å². The number of hydrogen-bond donors (Lipinski definition) is 3. The fourth-order valence-corrected chi connectivity index (χ4v) is 7.43. The summed E-state index contributed by atoms with van der Waals surface area (Å²) in [7, 11) is -3.27. The number of halogens is 6. The molecule has 3 N–H and O–H groups in total. The van der Waals surface area contributed by atoms with E-state index in [1.54, 1.807) is 0 Å². The van der Waals surface area contributed by atoms with Crippen LogP contribution in [-0.2, 0) is 28.0 Å². The average Bonchev–Trinajstić information content (AvgIpc) is 2.92. The number of aliphatic hydroxyl groups excluding tert-OH is 3. The van der Waals surface area contributed by atoms with Crippen molar-refractivity contribution in [2.45, 2.75) is 31.0 Å². The second-order valence-corrected chi connectivity index (χ2v) is 14.5. The first-order chi connectivity index (χ1) is 20.2. The summed E-state index contributed by atoms with van der Waals surface area (Å²) >= 11 is 37.4. The first kappa shape index (κ1) is 36.6. The molecule has 3 unspecified atom stereocenters. The maximum absolute atomic E-state index is 12.6. The Morgan fingerprint density at radius 3 is 1.02 bits per heavy atom. The van der Waals surface area contributed by atoms with E-state index in [4.69, 9.17) is 83.2 Å². The van der Waals surface area contributed by atoms with Crippen LogP contribution in [0.15, 0.2) is 69.3 Å². The van der Waals surface area contributed by atoms with Gasteiger partial charge in [0.2, 0.25) is 16.3 Å². The van der Waals surface area contributed by atoms with Crippen molar-refractivity contribution in [3.05, 3.63) is 84.7 Å². The molecule has 3 atom stereocenters. The quantitative estimate of drug-likeness (QED) is 0.0929. The van der Waals surface area contributed by atoms with Crippen LogP contribution >= 0.6 is 113 Å². The third kappa shape index (κ3) is 11.5. The Labute approximate surface area is 288 Å². The minimum atomic E-state index is -3.27. The number of hydrogen-bond acceptors (Lipinski definition) is 12. The summed E-state index contributed by atoms with van der Waals surface area (Å²) in [6.07, 6.45) is 0. The Morgan fingerprint density at radius 2 is 0.791 bits per heavy atom. The molecule has 9 nitrogen and oxygen atoms in total. The molecule has 3 rings (SSSR count). The summed E-state index contributed by atoms with van der Waals surface area (Å²) in [4.78, 5) is 38.7. The number of carbonyl (C=O) groups excluding carboxylic acids is 3. The van der Waals surface area contributed by atoms with E-state index in [0.717, 1.165) is 0 Å². The van der Waals surface area contributed by atoms with E-state index in [1.165, 1.54) is 54.6 Å². The molecule has 0 saturated heterocycles. The fraction of sp³-hybridized carbons (Fsp3) is 0.125. The molecule has 0 heterocycles. The summed E-state index contributed by atoms with van der Waals surface area (Å²) in [6.45, 7) is 0. The molecular weight excluding hydrogens is 772 g/mol. The van der Waals surface area contributed by atoms with Crippen LogP contribution in [0.3, 0.4) is 0 Å². The molecule has 0 saturated carbocycles. The lowest BCUT2D eigenvalue weighted by Gasteiger charge is -2.19. The van der Waals surface area contributed by atoms with E-state index < -0.39 is 42.8 Å². The smallest absolute Gasteiger partial charge is 0.372 e. The minimum absolute atomic E-state index is 0.117. The number of carbonyl (C=O) groups is 3. The van der Waals surface area contributed by atoms with Gasteiger partial charge in [-0.05, 0) is 54.6 Å². The molecule has 3 aromatic carbocycles. The maximum atomic E-state index is 12.6. The summed E-state index contributed by atoms with van der Waals surface area (Å²) < 4.78 is 14.8. The van der Waals surface area contributed by atoms with Gasteiger partial charge in [0.1, 0.15) is 0 Å². The lowest BCUT2D eigenvalue weighted by molar-refractivity contribution is -0.148. The summed E-state index contributed by atoms with van der Waals surface area (Å²) in [5.41, 5.74) is -5.83. The highest BCUT2D eigenvalue weighted by molar-refractivity contribution is 8.01. The third-order valence-corrected chi connectivity index (χ3v) is 10.5. The van der Waals surface area contributed by atoms with Crippen molar-refractivity contribution in [3.8, 4) is 0 Å². The zero-order valence-corrected chi connectivity index (χ0v) is 28.5. The van der Waals surface area contributed by atoms with E-state index in [0.29, 0.717) is 50.4 Å². The van der Waals surface area contributed by atoms with Gasteiger partial charge in [0.05, 0.1) is 15.1 Å². The van der Waals surface area contributed by atoms with Gasteiger partial charge < -0.3 is 28.9 Å². The molecule has 230 valence electrons. The monoisotopic (exact) mass is 784 g/mol. The van der Waals surface area contributed by atoms with Gasteiger partial charge in [0, 0.05) is 29.8 Å². The van der Waals surface area contributed by atoms with Crippen LogP contribution in [0.1, 0.15) is 0 Å². The van der Waals surface area contributed by atoms with Crippen LogP contribution in [0.25, 0.3) is 0 Å². The van der Waals surface area contributed by atoms with E-state index in [9.17, 15) is 29.7 Å². The lowest BCUT2D eigenvalue weighted by atomic mass is 10.4. The Hall–Kier alpha value is -0.830. The zero-order valence-electron chi connectivity index (χ0n) is 20.7. The second kappa shape index (κ2) is 17.2. The maximum Gasteiger partial charge on any atom is 0.537 e. The predicted octanol–water partition coefficient (Wildman–Crippen LogP) is 8.10. The molecule has 3 aromatic rings. The topological polar surface area (TPSA) is 140 Å². The highest BCUT2D eigenvalue weighted by Gasteiger charge is 2.36. The molecule has 43 heavy (non-hydrogen) atoms. The standard InChI is InChI=1S/C24H15Cl6O9PS3/c25-10-1-4-16(13(28)7-10)41-22(34)19(31)37-40(38-20(32)23(35)42-17-5-2-11(26)8-14(17)29)39-21(33)24(36)43-18-6-3-12(27)9-15(18)30/h1-9,22-24,34-36H. The van der Waals surface area contributed by atoms with Crippen LogP contribution < -0.4 is 0 Å². The molecule has 0 aliphatic heterocycles. The largest absolute Gasteiger partial charge is 0.537 e. The Balaban J connectivity index is 1.73. The van der Waals surface area contributed by atoms with Crippen molar-refractivity contribution >= 4 is 131 Å². The molecule has 0 spiro atoms. The van der Waals surface area contributed by atoms with E-state index in [1.807, 2.05) is 0 Å². The van der Waals surface area contributed by atoms with Crippen LogP contribution in [-0.4, -0.2) is 49.5 Å². The second-order valence-electron chi connectivity index (χ2n) is 7.59. The number of thioether (sulfide) groups is 3. The molecule has 0 bridgehead atoms. The fourth-order valence-electron chi connectivity index (χ4n) is 2.63. The Morgan fingerprint density at radius 1 is 0.535 bits per heavy atom. The van der Waals surface area contributed by atoms with Crippen molar-refractivity contribution in [2.24, 2.45) is 0 Å². The van der Waals surface area contributed by atoms with Gasteiger partial charge in [-0.2, -0.15) is 0 Å². The molecule has 0 fully saturated rings. The molecule has 0 aromatic heterocycles. The van der Waals surface area contributed by atoms with Gasteiger partial charge in [0.25, 0.3) is 0 Å². The Kier molecular flexibility index (Phi) is 14.6.